The quantitative estimate of drug-likeness (QED) is 0.537. The lowest BCUT2D eigenvalue weighted by Crippen LogP contribution is -2.06. The van der Waals surface area contributed by atoms with Crippen molar-refractivity contribution in [3.05, 3.63) is 29.3 Å². The molecule has 1 aromatic rings. The molecule has 0 aliphatic rings. The first-order valence-corrected chi connectivity index (χ1v) is 3.77. The zero-order valence-electron chi connectivity index (χ0n) is 7.48. The number of nitrogen functional groups attached to an aromatic ring is 1. The molecule has 0 aliphatic carbocycles. The number of methoxy groups -OCH3 is 1. The number of carboxylic acids is 1. The zero-order chi connectivity index (χ0) is 10.7. The molecular weight excluding hydrogens is 186 g/mol. The van der Waals surface area contributed by atoms with Gasteiger partial charge in [0.05, 0.1) is 18.2 Å². The molecule has 0 bridgehead atoms. The predicted molar refractivity (Wildman–Crippen MR) is 49.2 cm³/mol. The molecule has 74 valence electrons. The summed E-state index contributed by atoms with van der Waals surface area (Å²) in [4.78, 5) is 21.6. The largest absolute Gasteiger partial charge is 0.478 e. The lowest BCUT2D eigenvalue weighted by Gasteiger charge is -2.03. The van der Waals surface area contributed by atoms with Crippen molar-refractivity contribution in [2.75, 3.05) is 12.8 Å². The van der Waals surface area contributed by atoms with E-state index in [9.17, 15) is 9.59 Å². The Morgan fingerprint density at radius 2 is 2.07 bits per heavy atom. The maximum absolute atomic E-state index is 11.0. The molecule has 0 fully saturated rings. The monoisotopic (exact) mass is 195 g/mol. The standard InChI is InChI=1S/C9H9NO4/c1-14-9(13)5-2-3-6(8(11)12)7(10)4-5/h2-4H,10H2,1H3,(H,11,12). The second kappa shape index (κ2) is 3.78. The summed E-state index contributed by atoms with van der Waals surface area (Å²) in [6, 6.07) is 3.89. The van der Waals surface area contributed by atoms with Gasteiger partial charge in [-0.05, 0) is 18.2 Å². The van der Waals surface area contributed by atoms with Crippen LogP contribution in [-0.4, -0.2) is 24.2 Å². The summed E-state index contributed by atoms with van der Waals surface area (Å²) in [5.74, 6) is -1.67. The molecule has 0 saturated carbocycles. The normalized spacial score (nSPS) is 9.50. The topological polar surface area (TPSA) is 89.6 Å². The van der Waals surface area contributed by atoms with Gasteiger partial charge in [0.2, 0.25) is 0 Å². The van der Waals surface area contributed by atoms with E-state index in [1.807, 2.05) is 0 Å². The molecule has 14 heavy (non-hydrogen) atoms. The highest BCUT2D eigenvalue weighted by Gasteiger charge is 2.11. The van der Waals surface area contributed by atoms with Gasteiger partial charge in [-0.2, -0.15) is 0 Å². The molecule has 3 N–H and O–H groups in total. The number of benzene rings is 1. The Morgan fingerprint density at radius 3 is 2.50 bits per heavy atom. The Kier molecular flexibility index (Phi) is 2.71. The van der Waals surface area contributed by atoms with Gasteiger partial charge in [0, 0.05) is 5.69 Å². The van der Waals surface area contributed by atoms with Gasteiger partial charge in [-0.3, -0.25) is 0 Å². The number of aromatic carboxylic acids is 1. The van der Waals surface area contributed by atoms with Crippen molar-refractivity contribution in [1.29, 1.82) is 0 Å². The summed E-state index contributed by atoms with van der Waals surface area (Å²) in [6.07, 6.45) is 0. The molecule has 0 saturated heterocycles. The van der Waals surface area contributed by atoms with Gasteiger partial charge >= 0.3 is 11.9 Å². The van der Waals surface area contributed by atoms with E-state index in [0.29, 0.717) is 0 Å². The Balaban J connectivity index is 3.12. The third-order valence-corrected chi connectivity index (χ3v) is 1.70. The molecular formula is C9H9NO4. The molecule has 5 nitrogen and oxygen atoms in total. The number of anilines is 1. The van der Waals surface area contributed by atoms with Gasteiger partial charge in [-0.1, -0.05) is 0 Å². The third kappa shape index (κ3) is 1.82. The van der Waals surface area contributed by atoms with E-state index in [-0.39, 0.29) is 16.8 Å². The summed E-state index contributed by atoms with van der Waals surface area (Å²) in [5, 5.41) is 8.66. The fourth-order valence-corrected chi connectivity index (χ4v) is 1.00. The molecule has 0 heterocycles. The Hall–Kier alpha value is -2.04. The minimum atomic E-state index is -1.13. The average molecular weight is 195 g/mol. The van der Waals surface area contributed by atoms with Crippen LogP contribution in [-0.2, 0) is 4.74 Å². The number of esters is 1. The molecule has 1 aromatic carbocycles. The molecule has 0 aromatic heterocycles. The molecule has 0 spiro atoms. The van der Waals surface area contributed by atoms with Gasteiger partial charge < -0.3 is 15.6 Å². The first kappa shape index (κ1) is 10.0. The fraction of sp³-hybridized carbons (Fsp3) is 0.111. The van der Waals surface area contributed by atoms with Crippen LogP contribution in [0.4, 0.5) is 5.69 Å². The predicted octanol–water partition coefficient (Wildman–Crippen LogP) is 0.754. The minimum Gasteiger partial charge on any atom is -0.478 e. The van der Waals surface area contributed by atoms with Gasteiger partial charge in [0.1, 0.15) is 0 Å². The lowest BCUT2D eigenvalue weighted by molar-refractivity contribution is 0.0598. The maximum Gasteiger partial charge on any atom is 0.337 e. The smallest absolute Gasteiger partial charge is 0.337 e. The van der Waals surface area contributed by atoms with Crippen LogP contribution in [0.15, 0.2) is 18.2 Å². The van der Waals surface area contributed by atoms with Gasteiger partial charge in [-0.25, -0.2) is 9.59 Å². The third-order valence-electron chi connectivity index (χ3n) is 1.70. The van der Waals surface area contributed by atoms with Crippen molar-refractivity contribution < 1.29 is 19.4 Å². The van der Waals surface area contributed by atoms with Crippen LogP contribution in [0, 0.1) is 0 Å². The number of carboxylic acid groups (broad SMARTS) is 1. The first-order valence-electron chi connectivity index (χ1n) is 3.77. The molecule has 5 heteroatoms. The Labute approximate surface area is 80.1 Å². The number of carbonyl (C=O) groups excluding carboxylic acids is 1. The number of rotatable bonds is 2. The van der Waals surface area contributed by atoms with Gasteiger partial charge in [0.15, 0.2) is 0 Å². The second-order valence-electron chi connectivity index (χ2n) is 2.60. The maximum atomic E-state index is 11.0. The van der Waals surface area contributed by atoms with Crippen molar-refractivity contribution in [2.24, 2.45) is 0 Å². The number of hydrogen-bond acceptors (Lipinski definition) is 4. The summed E-state index contributed by atoms with van der Waals surface area (Å²) in [7, 11) is 1.24. The van der Waals surface area contributed by atoms with Gasteiger partial charge in [-0.15, -0.1) is 0 Å². The second-order valence-corrected chi connectivity index (χ2v) is 2.60. The summed E-state index contributed by atoms with van der Waals surface area (Å²) in [6.45, 7) is 0. The molecule has 0 radical (unpaired) electrons. The Morgan fingerprint density at radius 1 is 1.43 bits per heavy atom. The van der Waals surface area contributed by atoms with E-state index in [1.54, 1.807) is 0 Å². The van der Waals surface area contributed by atoms with E-state index in [1.165, 1.54) is 25.3 Å². The van der Waals surface area contributed by atoms with Crippen LogP contribution in [0.2, 0.25) is 0 Å². The van der Waals surface area contributed by atoms with E-state index >= 15 is 0 Å². The molecule has 0 unspecified atom stereocenters. The van der Waals surface area contributed by atoms with E-state index in [2.05, 4.69) is 4.74 Å². The minimum absolute atomic E-state index is 0.0300. The van der Waals surface area contributed by atoms with Crippen LogP contribution in [0.3, 0.4) is 0 Å². The summed E-state index contributed by atoms with van der Waals surface area (Å²) < 4.78 is 4.45. The van der Waals surface area contributed by atoms with Crippen molar-refractivity contribution in [3.63, 3.8) is 0 Å². The summed E-state index contributed by atoms with van der Waals surface area (Å²) >= 11 is 0. The SMILES string of the molecule is COC(=O)c1ccc(C(=O)O)c(N)c1. The molecule has 1 rings (SSSR count). The van der Waals surface area contributed by atoms with Crippen molar-refractivity contribution >= 4 is 17.6 Å². The lowest BCUT2D eigenvalue weighted by atomic mass is 10.1. The number of ether oxygens (including phenoxy) is 1. The van der Waals surface area contributed by atoms with Gasteiger partial charge in [0.25, 0.3) is 0 Å². The Bertz CT molecular complexity index is 386. The van der Waals surface area contributed by atoms with Crippen LogP contribution < -0.4 is 5.73 Å². The van der Waals surface area contributed by atoms with Crippen LogP contribution in [0.1, 0.15) is 20.7 Å². The zero-order valence-corrected chi connectivity index (χ0v) is 7.48. The van der Waals surface area contributed by atoms with E-state index < -0.39 is 11.9 Å². The molecule has 0 atom stereocenters. The van der Waals surface area contributed by atoms with Crippen molar-refractivity contribution in [1.82, 2.24) is 0 Å². The van der Waals surface area contributed by atoms with Crippen molar-refractivity contribution in [3.8, 4) is 0 Å². The van der Waals surface area contributed by atoms with Crippen molar-refractivity contribution in [2.45, 2.75) is 0 Å². The number of hydrogen-bond donors (Lipinski definition) is 2. The number of carbonyl (C=O) groups is 2. The average Bonchev–Trinajstić information content (AvgIpc) is 2.15. The molecule has 0 amide bonds. The van der Waals surface area contributed by atoms with Crippen LogP contribution in [0.25, 0.3) is 0 Å². The summed E-state index contributed by atoms with van der Waals surface area (Å²) in [5.41, 5.74) is 5.67. The number of nitrogens with two attached hydrogens (primary N) is 1. The van der Waals surface area contributed by atoms with Crippen LogP contribution >= 0.6 is 0 Å². The highest BCUT2D eigenvalue weighted by molar-refractivity contribution is 5.97. The van der Waals surface area contributed by atoms with E-state index in [0.717, 1.165) is 0 Å². The highest BCUT2D eigenvalue weighted by atomic mass is 16.5. The highest BCUT2D eigenvalue weighted by Crippen LogP contribution is 2.14. The van der Waals surface area contributed by atoms with Crippen LogP contribution in [0.5, 0.6) is 0 Å². The van der Waals surface area contributed by atoms with E-state index in [4.69, 9.17) is 10.8 Å². The first-order chi connectivity index (χ1) is 6.56. The molecule has 0 aliphatic heterocycles. The fourth-order valence-electron chi connectivity index (χ4n) is 1.00.